The average molecular weight is 336 g/mol. The van der Waals surface area contributed by atoms with E-state index < -0.39 is 25.6 Å². The van der Waals surface area contributed by atoms with Crippen molar-refractivity contribution >= 4 is 20.0 Å². The molecule has 0 aliphatic heterocycles. The molecule has 7 nitrogen and oxygen atoms in total. The molecule has 3 N–H and O–H groups in total. The molecule has 0 bridgehead atoms. The lowest BCUT2D eigenvalue weighted by atomic mass is 10.1. The third-order valence-electron chi connectivity index (χ3n) is 2.69. The molecule has 0 atom stereocenters. The fraction of sp³-hybridized carbons (Fsp3) is 0.500. The van der Waals surface area contributed by atoms with E-state index in [1.54, 1.807) is 6.92 Å². The van der Waals surface area contributed by atoms with Gasteiger partial charge >= 0.3 is 0 Å². The molecule has 0 saturated carbocycles. The molecule has 0 aliphatic carbocycles. The van der Waals surface area contributed by atoms with Gasteiger partial charge in [-0.2, -0.15) is 4.31 Å². The van der Waals surface area contributed by atoms with Gasteiger partial charge in [-0.1, -0.05) is 13.0 Å². The van der Waals surface area contributed by atoms with Crippen LogP contribution in [0.2, 0.25) is 0 Å². The Balaban J connectivity index is 3.30. The first-order chi connectivity index (χ1) is 9.38. The first kappa shape index (κ1) is 18.1. The van der Waals surface area contributed by atoms with E-state index in [0.29, 0.717) is 0 Å². The van der Waals surface area contributed by atoms with Crippen LogP contribution in [0.1, 0.15) is 20.8 Å². The first-order valence-electron chi connectivity index (χ1n) is 6.23. The topological polar surface area (TPSA) is 118 Å². The Kier molecular flexibility index (Phi) is 5.17. The summed E-state index contributed by atoms with van der Waals surface area (Å²) in [6, 6.07) is 4.83. The minimum absolute atomic E-state index is 0.106. The molecule has 0 saturated heterocycles. The van der Waals surface area contributed by atoms with E-state index in [-0.39, 0.29) is 22.9 Å². The van der Waals surface area contributed by atoms with Crippen molar-refractivity contribution in [2.75, 3.05) is 13.1 Å². The standard InChI is InChI=1S/C12H20N2O5S2/c1-4-14(9-12(2,3)15)21(18,19)11-7-5-6-10(8-11)20(13,16)17/h5-8,15H,4,9H2,1-3H3,(H2,13,16,17). The Hall–Kier alpha value is -1.00. The van der Waals surface area contributed by atoms with Crippen molar-refractivity contribution in [1.29, 1.82) is 0 Å². The van der Waals surface area contributed by atoms with Crippen LogP contribution in [0.3, 0.4) is 0 Å². The van der Waals surface area contributed by atoms with Gasteiger partial charge in [0.05, 0.1) is 15.4 Å². The molecule has 0 radical (unpaired) electrons. The summed E-state index contributed by atoms with van der Waals surface area (Å²) in [6.07, 6.45) is 0. The van der Waals surface area contributed by atoms with Crippen molar-refractivity contribution in [3.63, 3.8) is 0 Å². The van der Waals surface area contributed by atoms with Gasteiger partial charge in [-0.3, -0.25) is 0 Å². The summed E-state index contributed by atoms with van der Waals surface area (Å²) in [6.45, 7) is 4.65. The van der Waals surface area contributed by atoms with Gasteiger partial charge in [0.15, 0.2) is 0 Å². The zero-order chi connectivity index (χ0) is 16.5. The number of nitrogens with zero attached hydrogens (tertiary/aromatic N) is 1. The van der Waals surface area contributed by atoms with E-state index >= 15 is 0 Å². The number of aliphatic hydroxyl groups is 1. The first-order valence-corrected chi connectivity index (χ1v) is 9.22. The quantitative estimate of drug-likeness (QED) is 0.765. The van der Waals surface area contributed by atoms with Gasteiger partial charge in [0.2, 0.25) is 20.0 Å². The molecule has 0 heterocycles. The predicted octanol–water partition coefficient (Wildman–Crippen LogP) is 0.116. The number of rotatable bonds is 6. The molecule has 0 spiro atoms. The monoisotopic (exact) mass is 336 g/mol. The fourth-order valence-corrected chi connectivity index (χ4v) is 4.04. The molecule has 1 aromatic rings. The minimum atomic E-state index is -3.99. The van der Waals surface area contributed by atoms with Crippen LogP contribution < -0.4 is 5.14 Å². The molecule has 0 aromatic heterocycles. The van der Waals surface area contributed by atoms with Gasteiger partial charge < -0.3 is 5.11 Å². The van der Waals surface area contributed by atoms with Crippen molar-refractivity contribution in [2.45, 2.75) is 36.2 Å². The Morgan fingerprint density at radius 3 is 2.14 bits per heavy atom. The maximum atomic E-state index is 12.5. The van der Waals surface area contributed by atoms with Gasteiger partial charge in [-0.15, -0.1) is 0 Å². The van der Waals surface area contributed by atoms with Crippen LogP contribution in [0.4, 0.5) is 0 Å². The van der Waals surface area contributed by atoms with Crippen LogP contribution in [0.5, 0.6) is 0 Å². The third-order valence-corrected chi connectivity index (χ3v) is 5.52. The highest BCUT2D eigenvalue weighted by molar-refractivity contribution is 7.90. The van der Waals surface area contributed by atoms with E-state index in [0.717, 1.165) is 10.4 Å². The van der Waals surface area contributed by atoms with Crippen molar-refractivity contribution in [2.24, 2.45) is 5.14 Å². The number of benzene rings is 1. The SMILES string of the molecule is CCN(CC(C)(C)O)S(=O)(=O)c1cccc(S(N)(=O)=O)c1. The van der Waals surface area contributed by atoms with Crippen LogP contribution >= 0.6 is 0 Å². The van der Waals surface area contributed by atoms with Gasteiger partial charge in [-0.05, 0) is 32.0 Å². The van der Waals surface area contributed by atoms with Crippen LogP contribution in [-0.4, -0.2) is 44.9 Å². The molecule has 0 amide bonds. The van der Waals surface area contributed by atoms with Gasteiger partial charge in [0.25, 0.3) is 0 Å². The second-order valence-corrected chi connectivity index (χ2v) is 8.76. The zero-order valence-corrected chi connectivity index (χ0v) is 13.8. The maximum Gasteiger partial charge on any atom is 0.243 e. The molecule has 1 aromatic carbocycles. The summed E-state index contributed by atoms with van der Waals surface area (Å²) in [5.74, 6) is 0. The van der Waals surface area contributed by atoms with Crippen LogP contribution in [0, 0.1) is 0 Å². The second kappa shape index (κ2) is 6.01. The van der Waals surface area contributed by atoms with E-state index in [9.17, 15) is 21.9 Å². The number of nitrogens with two attached hydrogens (primary N) is 1. The number of hydrogen-bond donors (Lipinski definition) is 2. The number of sulfonamides is 2. The van der Waals surface area contributed by atoms with Crippen LogP contribution in [-0.2, 0) is 20.0 Å². The number of primary sulfonamides is 1. The van der Waals surface area contributed by atoms with Gasteiger partial charge in [0, 0.05) is 13.1 Å². The van der Waals surface area contributed by atoms with Crippen LogP contribution in [0.25, 0.3) is 0 Å². The third kappa shape index (κ3) is 4.75. The molecule has 0 fully saturated rings. The normalized spacial score (nSPS) is 13.6. The number of likely N-dealkylation sites (N-methyl/N-ethyl adjacent to an activating group) is 1. The van der Waals surface area contributed by atoms with Gasteiger partial charge in [-0.25, -0.2) is 22.0 Å². The largest absolute Gasteiger partial charge is 0.389 e. The molecule has 1 rings (SSSR count). The highest BCUT2D eigenvalue weighted by Gasteiger charge is 2.29. The van der Waals surface area contributed by atoms with Crippen LogP contribution in [0.15, 0.2) is 34.1 Å². The highest BCUT2D eigenvalue weighted by atomic mass is 32.2. The van der Waals surface area contributed by atoms with E-state index in [1.165, 1.54) is 32.0 Å². The molecule has 120 valence electrons. The summed E-state index contributed by atoms with van der Waals surface area (Å²) in [7, 11) is -7.90. The van der Waals surface area contributed by atoms with Crippen molar-refractivity contribution in [3.05, 3.63) is 24.3 Å². The summed E-state index contributed by atoms with van der Waals surface area (Å²) in [5.41, 5.74) is -1.21. The van der Waals surface area contributed by atoms with Crippen molar-refractivity contribution < 1.29 is 21.9 Å². The van der Waals surface area contributed by atoms with E-state index in [1.807, 2.05) is 0 Å². The molecular weight excluding hydrogens is 316 g/mol. The van der Waals surface area contributed by atoms with E-state index in [2.05, 4.69) is 0 Å². The Morgan fingerprint density at radius 2 is 1.71 bits per heavy atom. The molecule has 9 heteroatoms. The summed E-state index contributed by atoms with van der Waals surface area (Å²) in [5, 5.41) is 14.8. The molecule has 0 aliphatic rings. The molecule has 21 heavy (non-hydrogen) atoms. The number of hydrogen-bond acceptors (Lipinski definition) is 5. The zero-order valence-electron chi connectivity index (χ0n) is 12.1. The molecule has 0 unspecified atom stereocenters. The summed E-state index contributed by atoms with van der Waals surface area (Å²) >= 11 is 0. The van der Waals surface area contributed by atoms with Gasteiger partial charge in [0.1, 0.15) is 0 Å². The predicted molar refractivity (Wildman–Crippen MR) is 78.5 cm³/mol. The van der Waals surface area contributed by atoms with Crippen molar-refractivity contribution in [3.8, 4) is 0 Å². The lowest BCUT2D eigenvalue weighted by Crippen LogP contribution is -2.42. The maximum absolute atomic E-state index is 12.5. The van der Waals surface area contributed by atoms with E-state index in [4.69, 9.17) is 5.14 Å². The lowest BCUT2D eigenvalue weighted by Gasteiger charge is -2.27. The second-order valence-electron chi connectivity index (χ2n) is 5.26. The Morgan fingerprint density at radius 1 is 1.19 bits per heavy atom. The summed E-state index contributed by atoms with van der Waals surface area (Å²) < 4.78 is 48.7. The Bertz CT molecular complexity index is 705. The smallest absolute Gasteiger partial charge is 0.243 e. The average Bonchev–Trinajstić information content (AvgIpc) is 2.34. The fourth-order valence-electron chi connectivity index (χ4n) is 1.76. The van der Waals surface area contributed by atoms with Crippen molar-refractivity contribution in [1.82, 2.24) is 4.31 Å². The highest BCUT2D eigenvalue weighted by Crippen LogP contribution is 2.20. The lowest BCUT2D eigenvalue weighted by molar-refractivity contribution is 0.0601. The minimum Gasteiger partial charge on any atom is -0.389 e. The summed E-state index contributed by atoms with van der Waals surface area (Å²) in [4.78, 5) is -0.456. The Labute approximate surface area is 125 Å². The molecular formula is C12H20N2O5S2.